The number of anilines is 1. The van der Waals surface area contributed by atoms with Crippen LogP contribution in [0.2, 0.25) is 0 Å². The Balaban J connectivity index is 1.39. The monoisotopic (exact) mass is 444 g/mol. The van der Waals surface area contributed by atoms with E-state index in [2.05, 4.69) is 21.3 Å². The fourth-order valence-corrected chi connectivity index (χ4v) is 4.05. The van der Waals surface area contributed by atoms with Crippen molar-refractivity contribution in [3.8, 4) is 0 Å². The highest BCUT2D eigenvalue weighted by Crippen LogP contribution is 2.16. The first kappa shape index (κ1) is 22.8. The second-order valence-electron chi connectivity index (χ2n) is 7.14. The number of thioether (sulfide) groups is 1. The van der Waals surface area contributed by atoms with Gasteiger partial charge in [-0.25, -0.2) is 4.39 Å². The van der Waals surface area contributed by atoms with Crippen LogP contribution in [0, 0.1) is 5.82 Å². The molecule has 164 valence electrons. The van der Waals surface area contributed by atoms with Crippen molar-refractivity contribution in [3.05, 3.63) is 66.0 Å². The molecular formula is C22H25FN4O3S. The number of hydrogen-bond donors (Lipinski definition) is 4. The molecule has 1 aliphatic rings. The Morgan fingerprint density at radius 1 is 1.06 bits per heavy atom. The normalized spacial score (nSPS) is 18.2. The summed E-state index contributed by atoms with van der Waals surface area (Å²) in [5, 5.41) is 11.3. The predicted octanol–water partition coefficient (Wildman–Crippen LogP) is 2.01. The number of benzene rings is 2. The fourth-order valence-electron chi connectivity index (χ4n) is 3.16. The lowest BCUT2D eigenvalue weighted by molar-refractivity contribution is -0.125. The van der Waals surface area contributed by atoms with Gasteiger partial charge in [-0.1, -0.05) is 42.5 Å². The highest BCUT2D eigenvalue weighted by atomic mass is 32.2. The molecule has 2 unspecified atom stereocenters. The lowest BCUT2D eigenvalue weighted by Gasteiger charge is -2.30. The molecule has 1 aliphatic heterocycles. The third kappa shape index (κ3) is 7.69. The molecular weight excluding hydrogens is 419 g/mol. The molecule has 0 aromatic heterocycles. The molecule has 31 heavy (non-hydrogen) atoms. The minimum absolute atomic E-state index is 0.0161. The number of carbonyl (C=O) groups is 3. The second-order valence-corrected chi connectivity index (χ2v) is 8.24. The van der Waals surface area contributed by atoms with Crippen molar-refractivity contribution in [1.82, 2.24) is 16.0 Å². The van der Waals surface area contributed by atoms with Crippen molar-refractivity contribution in [2.24, 2.45) is 0 Å². The Morgan fingerprint density at radius 3 is 2.58 bits per heavy atom. The molecule has 4 N–H and O–H groups in total. The lowest BCUT2D eigenvalue weighted by Crippen LogP contribution is -2.56. The third-order valence-electron chi connectivity index (χ3n) is 4.65. The SMILES string of the molecule is O=C(CC1CC(=O)NC(SCC(=O)Nc2ccccc2F)N1)NCCc1ccccc1. The minimum atomic E-state index is -0.511. The Bertz CT molecular complexity index is 913. The van der Waals surface area contributed by atoms with Crippen molar-refractivity contribution >= 4 is 35.2 Å². The fraction of sp³-hybridized carbons (Fsp3) is 0.318. The smallest absolute Gasteiger partial charge is 0.234 e. The zero-order chi connectivity index (χ0) is 22.1. The number of nitrogens with one attached hydrogen (secondary N) is 4. The van der Waals surface area contributed by atoms with Crippen LogP contribution < -0.4 is 21.3 Å². The van der Waals surface area contributed by atoms with Crippen LogP contribution in [0.1, 0.15) is 18.4 Å². The van der Waals surface area contributed by atoms with Gasteiger partial charge in [-0.05, 0) is 24.1 Å². The average molecular weight is 445 g/mol. The van der Waals surface area contributed by atoms with Crippen molar-refractivity contribution in [3.63, 3.8) is 0 Å². The Kier molecular flexibility index (Phi) is 8.43. The Morgan fingerprint density at radius 2 is 1.81 bits per heavy atom. The molecule has 3 rings (SSSR count). The molecule has 1 heterocycles. The van der Waals surface area contributed by atoms with Crippen LogP contribution in [0.3, 0.4) is 0 Å². The van der Waals surface area contributed by atoms with Gasteiger partial charge in [0.15, 0.2) is 0 Å². The number of carbonyl (C=O) groups excluding carboxylic acids is 3. The average Bonchev–Trinajstić information content (AvgIpc) is 2.74. The highest BCUT2D eigenvalue weighted by Gasteiger charge is 2.28. The topological polar surface area (TPSA) is 99.3 Å². The first-order valence-electron chi connectivity index (χ1n) is 10.0. The van der Waals surface area contributed by atoms with Gasteiger partial charge in [0.25, 0.3) is 0 Å². The zero-order valence-corrected chi connectivity index (χ0v) is 17.7. The summed E-state index contributed by atoms with van der Waals surface area (Å²) >= 11 is 1.17. The maximum Gasteiger partial charge on any atom is 0.234 e. The van der Waals surface area contributed by atoms with E-state index in [-0.39, 0.29) is 48.0 Å². The van der Waals surface area contributed by atoms with Gasteiger partial charge in [-0.3, -0.25) is 19.7 Å². The molecule has 7 nitrogen and oxygen atoms in total. The van der Waals surface area contributed by atoms with Crippen LogP contribution in [0.25, 0.3) is 0 Å². The standard InChI is InChI=1S/C22H25FN4O3S/c23-17-8-4-5-9-18(17)26-21(30)14-31-22-25-16(13-20(29)27-22)12-19(28)24-11-10-15-6-2-1-3-7-15/h1-9,16,22,25H,10-14H2,(H,24,28)(H,26,30)(H,27,29). The van der Waals surface area contributed by atoms with Gasteiger partial charge in [0.1, 0.15) is 11.3 Å². The summed E-state index contributed by atoms with van der Waals surface area (Å²) in [5.74, 6) is -1.20. The maximum absolute atomic E-state index is 13.6. The molecule has 2 atom stereocenters. The van der Waals surface area contributed by atoms with Crippen LogP contribution in [-0.2, 0) is 20.8 Å². The summed E-state index contributed by atoms with van der Waals surface area (Å²) in [7, 11) is 0. The minimum Gasteiger partial charge on any atom is -0.356 e. The molecule has 0 saturated carbocycles. The quantitative estimate of drug-likeness (QED) is 0.474. The van der Waals surface area contributed by atoms with Gasteiger partial charge in [-0.2, -0.15) is 0 Å². The van der Waals surface area contributed by atoms with E-state index in [4.69, 9.17) is 0 Å². The van der Waals surface area contributed by atoms with Crippen molar-refractivity contribution in [2.75, 3.05) is 17.6 Å². The first-order valence-corrected chi connectivity index (χ1v) is 11.1. The second kappa shape index (κ2) is 11.5. The van der Waals surface area contributed by atoms with Crippen LogP contribution in [-0.4, -0.2) is 41.6 Å². The molecule has 1 saturated heterocycles. The van der Waals surface area contributed by atoms with Crippen LogP contribution in [0.15, 0.2) is 54.6 Å². The van der Waals surface area contributed by atoms with Crippen LogP contribution >= 0.6 is 11.8 Å². The predicted molar refractivity (Wildman–Crippen MR) is 119 cm³/mol. The molecule has 0 radical (unpaired) electrons. The molecule has 9 heteroatoms. The Hall–Kier alpha value is -2.91. The molecule has 0 spiro atoms. The summed E-state index contributed by atoms with van der Waals surface area (Å²) < 4.78 is 13.6. The first-order chi connectivity index (χ1) is 15.0. The van der Waals surface area contributed by atoms with E-state index in [1.54, 1.807) is 12.1 Å². The van der Waals surface area contributed by atoms with Crippen LogP contribution in [0.4, 0.5) is 10.1 Å². The summed E-state index contributed by atoms with van der Waals surface area (Å²) in [4.78, 5) is 36.3. The van der Waals surface area contributed by atoms with E-state index >= 15 is 0 Å². The van der Waals surface area contributed by atoms with Crippen molar-refractivity contribution in [2.45, 2.75) is 30.8 Å². The summed E-state index contributed by atoms with van der Waals surface area (Å²) in [6, 6.07) is 15.5. The third-order valence-corrected chi connectivity index (χ3v) is 5.67. The summed E-state index contributed by atoms with van der Waals surface area (Å²) in [6.07, 6.45) is 1.09. The molecule has 2 aromatic carbocycles. The molecule has 1 fully saturated rings. The largest absolute Gasteiger partial charge is 0.356 e. The number of halogens is 1. The van der Waals surface area contributed by atoms with E-state index in [1.807, 2.05) is 30.3 Å². The maximum atomic E-state index is 13.6. The molecule has 0 bridgehead atoms. The zero-order valence-electron chi connectivity index (χ0n) is 16.9. The van der Waals surface area contributed by atoms with E-state index in [9.17, 15) is 18.8 Å². The Labute approximate surface area is 184 Å². The molecule has 3 amide bonds. The van der Waals surface area contributed by atoms with Gasteiger partial charge in [0, 0.05) is 25.4 Å². The lowest BCUT2D eigenvalue weighted by atomic mass is 10.1. The van der Waals surface area contributed by atoms with E-state index in [0.29, 0.717) is 6.54 Å². The van der Waals surface area contributed by atoms with Gasteiger partial charge >= 0.3 is 0 Å². The van der Waals surface area contributed by atoms with E-state index in [1.165, 1.54) is 23.9 Å². The van der Waals surface area contributed by atoms with Gasteiger partial charge in [0.2, 0.25) is 17.7 Å². The summed E-state index contributed by atoms with van der Waals surface area (Å²) in [5.41, 5.74) is 0.747. The number of amides is 3. The molecule has 2 aromatic rings. The highest BCUT2D eigenvalue weighted by molar-refractivity contribution is 8.00. The number of rotatable bonds is 9. The summed E-state index contributed by atoms with van der Waals surface area (Å²) in [6.45, 7) is 0.524. The van der Waals surface area contributed by atoms with Crippen LogP contribution in [0.5, 0.6) is 0 Å². The van der Waals surface area contributed by atoms with E-state index < -0.39 is 11.3 Å². The number of para-hydroxylation sites is 1. The van der Waals surface area contributed by atoms with Crippen molar-refractivity contribution in [1.29, 1.82) is 0 Å². The van der Waals surface area contributed by atoms with Gasteiger partial charge in [0.05, 0.1) is 11.4 Å². The van der Waals surface area contributed by atoms with Crippen molar-refractivity contribution < 1.29 is 18.8 Å². The van der Waals surface area contributed by atoms with Gasteiger partial charge < -0.3 is 16.0 Å². The molecule has 0 aliphatic carbocycles. The van der Waals surface area contributed by atoms with E-state index in [0.717, 1.165) is 12.0 Å². The number of hydrogen-bond acceptors (Lipinski definition) is 5. The van der Waals surface area contributed by atoms with Gasteiger partial charge in [-0.15, -0.1) is 11.8 Å².